The summed E-state index contributed by atoms with van der Waals surface area (Å²) in [7, 11) is 1.63. The number of benzene rings is 2. The molecule has 3 rings (SSSR count). The van der Waals surface area contributed by atoms with E-state index in [-0.39, 0.29) is 24.7 Å². The van der Waals surface area contributed by atoms with Crippen LogP contribution in [0.15, 0.2) is 54.6 Å². The van der Waals surface area contributed by atoms with E-state index in [9.17, 15) is 4.79 Å². The quantitative estimate of drug-likeness (QED) is 0.568. The van der Waals surface area contributed by atoms with Gasteiger partial charge in [0.1, 0.15) is 18.4 Å². The molecule has 0 aliphatic carbocycles. The van der Waals surface area contributed by atoms with Crippen molar-refractivity contribution in [2.75, 3.05) is 7.11 Å². The Morgan fingerprint density at radius 3 is 2.40 bits per heavy atom. The number of hydroxylamine groups is 2. The van der Waals surface area contributed by atoms with Gasteiger partial charge in [-0.25, -0.2) is 0 Å². The standard InChI is InChI=1S/C20H23NO4/c1-14(2)18(20(22)24-13-15-7-5-4-6-8-15)21-19(25-21)16-9-11-17(23-3)12-10-16/h4-12,14,18-19H,13H2,1-3H3/t18-,19?,21?/m0/s1. The normalized spacial score (nSPS) is 20.2. The van der Waals surface area contributed by atoms with E-state index in [1.807, 2.05) is 68.4 Å². The molecule has 132 valence electrons. The number of nitrogens with zero attached hydrogens (tertiary/aromatic N) is 1. The zero-order valence-corrected chi connectivity index (χ0v) is 14.7. The van der Waals surface area contributed by atoms with Crippen molar-refractivity contribution in [3.05, 3.63) is 65.7 Å². The Morgan fingerprint density at radius 2 is 1.80 bits per heavy atom. The van der Waals surface area contributed by atoms with Crippen molar-refractivity contribution in [3.63, 3.8) is 0 Å². The van der Waals surface area contributed by atoms with Gasteiger partial charge in [0.2, 0.25) is 0 Å². The van der Waals surface area contributed by atoms with Crippen LogP contribution in [0.1, 0.15) is 31.2 Å². The third-order valence-electron chi connectivity index (χ3n) is 4.18. The number of carbonyl (C=O) groups is 1. The van der Waals surface area contributed by atoms with Crippen LogP contribution in [0.5, 0.6) is 5.75 Å². The highest BCUT2D eigenvalue weighted by Gasteiger charge is 2.48. The highest BCUT2D eigenvalue weighted by atomic mass is 16.8. The molecule has 0 N–H and O–H groups in total. The largest absolute Gasteiger partial charge is 0.497 e. The first-order valence-corrected chi connectivity index (χ1v) is 8.39. The minimum absolute atomic E-state index is 0.0755. The molecular weight excluding hydrogens is 318 g/mol. The maximum absolute atomic E-state index is 12.6. The fourth-order valence-corrected chi connectivity index (χ4v) is 2.76. The van der Waals surface area contributed by atoms with Gasteiger partial charge in [-0.1, -0.05) is 56.3 Å². The monoisotopic (exact) mass is 341 g/mol. The Labute approximate surface area is 148 Å². The summed E-state index contributed by atoms with van der Waals surface area (Å²) >= 11 is 0. The molecule has 0 aromatic heterocycles. The van der Waals surface area contributed by atoms with Crippen LogP contribution in [0, 0.1) is 5.92 Å². The van der Waals surface area contributed by atoms with Gasteiger partial charge in [-0.15, -0.1) is 5.06 Å². The zero-order valence-electron chi connectivity index (χ0n) is 14.7. The van der Waals surface area contributed by atoms with Crippen LogP contribution >= 0.6 is 0 Å². The van der Waals surface area contributed by atoms with Gasteiger partial charge in [0.25, 0.3) is 0 Å². The van der Waals surface area contributed by atoms with E-state index in [1.165, 1.54) is 0 Å². The molecular formula is C20H23NO4. The Morgan fingerprint density at radius 1 is 1.12 bits per heavy atom. The predicted molar refractivity (Wildman–Crippen MR) is 93.5 cm³/mol. The second-order valence-corrected chi connectivity index (χ2v) is 6.37. The molecule has 2 unspecified atom stereocenters. The van der Waals surface area contributed by atoms with E-state index >= 15 is 0 Å². The molecule has 2 aromatic rings. The van der Waals surface area contributed by atoms with Crippen LogP contribution in [-0.2, 0) is 21.0 Å². The maximum atomic E-state index is 12.6. The van der Waals surface area contributed by atoms with Crippen LogP contribution in [0.3, 0.4) is 0 Å². The molecule has 0 saturated carbocycles. The number of ether oxygens (including phenoxy) is 2. The fraction of sp³-hybridized carbons (Fsp3) is 0.350. The minimum Gasteiger partial charge on any atom is -0.497 e. The smallest absolute Gasteiger partial charge is 0.326 e. The van der Waals surface area contributed by atoms with E-state index in [4.69, 9.17) is 14.3 Å². The molecule has 1 saturated heterocycles. The van der Waals surface area contributed by atoms with Crippen LogP contribution in [0.4, 0.5) is 0 Å². The van der Waals surface area contributed by atoms with Gasteiger partial charge in [0.15, 0.2) is 6.23 Å². The van der Waals surface area contributed by atoms with Crippen molar-refractivity contribution in [2.45, 2.75) is 32.7 Å². The van der Waals surface area contributed by atoms with E-state index in [1.54, 1.807) is 12.2 Å². The molecule has 3 atom stereocenters. The molecule has 0 bridgehead atoms. The highest BCUT2D eigenvalue weighted by molar-refractivity contribution is 5.76. The van der Waals surface area contributed by atoms with Crippen molar-refractivity contribution < 1.29 is 19.1 Å². The lowest BCUT2D eigenvalue weighted by molar-refractivity contribution is -0.153. The van der Waals surface area contributed by atoms with E-state index in [0.717, 1.165) is 16.9 Å². The lowest BCUT2D eigenvalue weighted by Gasteiger charge is -2.18. The average Bonchev–Trinajstić information content (AvgIpc) is 3.41. The molecule has 1 fully saturated rings. The molecule has 0 spiro atoms. The van der Waals surface area contributed by atoms with Gasteiger partial charge in [-0.2, -0.15) is 0 Å². The van der Waals surface area contributed by atoms with Gasteiger partial charge in [-0.3, -0.25) is 9.63 Å². The summed E-state index contributed by atoms with van der Waals surface area (Å²) in [4.78, 5) is 18.2. The number of hydrogen-bond acceptors (Lipinski definition) is 5. The van der Waals surface area contributed by atoms with Gasteiger partial charge < -0.3 is 9.47 Å². The number of rotatable bonds is 7. The first-order valence-electron chi connectivity index (χ1n) is 8.39. The summed E-state index contributed by atoms with van der Waals surface area (Å²) in [6.07, 6.45) is -0.220. The molecule has 25 heavy (non-hydrogen) atoms. The van der Waals surface area contributed by atoms with Crippen LogP contribution in [0.2, 0.25) is 0 Å². The molecule has 2 aromatic carbocycles. The number of carbonyl (C=O) groups excluding carboxylic acids is 1. The van der Waals surface area contributed by atoms with E-state index < -0.39 is 6.04 Å². The summed E-state index contributed by atoms with van der Waals surface area (Å²) < 4.78 is 10.7. The second-order valence-electron chi connectivity index (χ2n) is 6.37. The second kappa shape index (κ2) is 7.68. The molecule has 0 amide bonds. The first kappa shape index (κ1) is 17.5. The molecule has 0 radical (unpaired) electrons. The third-order valence-corrected chi connectivity index (χ3v) is 4.18. The van der Waals surface area contributed by atoms with Crippen LogP contribution in [0.25, 0.3) is 0 Å². The van der Waals surface area contributed by atoms with Gasteiger partial charge in [0.05, 0.1) is 7.11 Å². The van der Waals surface area contributed by atoms with Crippen molar-refractivity contribution in [3.8, 4) is 5.75 Å². The fourth-order valence-electron chi connectivity index (χ4n) is 2.76. The lowest BCUT2D eigenvalue weighted by Crippen LogP contribution is -2.35. The Hall–Kier alpha value is -2.37. The first-order chi connectivity index (χ1) is 12.1. The summed E-state index contributed by atoms with van der Waals surface area (Å²) in [6, 6.07) is 16.9. The zero-order chi connectivity index (χ0) is 17.8. The topological polar surface area (TPSA) is 51.1 Å². The van der Waals surface area contributed by atoms with Crippen molar-refractivity contribution >= 4 is 5.97 Å². The number of hydrogen-bond donors (Lipinski definition) is 0. The van der Waals surface area contributed by atoms with E-state index in [2.05, 4.69) is 0 Å². The minimum atomic E-state index is -0.434. The summed E-state index contributed by atoms with van der Waals surface area (Å²) in [6.45, 7) is 4.24. The van der Waals surface area contributed by atoms with E-state index in [0.29, 0.717) is 0 Å². The lowest BCUT2D eigenvalue weighted by atomic mass is 10.0. The number of methoxy groups -OCH3 is 1. The van der Waals surface area contributed by atoms with Gasteiger partial charge in [-0.05, 0) is 29.2 Å². The molecule has 1 heterocycles. The summed E-state index contributed by atoms with van der Waals surface area (Å²) in [5.41, 5.74) is 1.96. The Bertz CT molecular complexity index is 699. The molecule has 1 aliphatic rings. The maximum Gasteiger partial charge on any atom is 0.326 e. The van der Waals surface area contributed by atoms with Crippen LogP contribution in [-0.4, -0.2) is 24.2 Å². The molecule has 5 nitrogen and oxygen atoms in total. The van der Waals surface area contributed by atoms with Gasteiger partial charge >= 0.3 is 5.97 Å². The summed E-state index contributed by atoms with van der Waals surface area (Å²) in [5.74, 6) is 0.597. The highest BCUT2D eigenvalue weighted by Crippen LogP contribution is 2.41. The molecule has 1 aliphatic heterocycles. The van der Waals surface area contributed by atoms with Crippen molar-refractivity contribution in [2.24, 2.45) is 5.92 Å². The average molecular weight is 341 g/mol. The Kier molecular flexibility index (Phi) is 5.36. The van der Waals surface area contributed by atoms with Crippen molar-refractivity contribution in [1.29, 1.82) is 0 Å². The Balaban J connectivity index is 1.62. The molecule has 5 heteroatoms. The number of esters is 1. The SMILES string of the molecule is COc1ccc(C2ON2[C@H](C(=O)OCc2ccccc2)C(C)C)cc1. The van der Waals surface area contributed by atoms with Crippen molar-refractivity contribution in [1.82, 2.24) is 5.06 Å². The summed E-state index contributed by atoms with van der Waals surface area (Å²) in [5, 5.41) is 1.71. The third kappa shape index (κ3) is 4.18. The van der Waals surface area contributed by atoms with Gasteiger partial charge in [0, 0.05) is 0 Å². The van der Waals surface area contributed by atoms with Crippen LogP contribution < -0.4 is 4.74 Å². The predicted octanol–water partition coefficient (Wildman–Crippen LogP) is 3.71.